The molecule has 0 aromatic heterocycles. The molecule has 0 radical (unpaired) electrons. The maximum atomic E-state index is 13.5. The Balaban J connectivity index is 1.88. The normalized spacial score (nSPS) is 14.4. The van der Waals surface area contributed by atoms with Gasteiger partial charge >= 0.3 is 0 Å². The van der Waals surface area contributed by atoms with Crippen LogP contribution in [0.5, 0.6) is 0 Å². The van der Waals surface area contributed by atoms with Gasteiger partial charge in [0.2, 0.25) is 0 Å². The first kappa shape index (κ1) is 25.7. The van der Waals surface area contributed by atoms with Gasteiger partial charge in [0, 0.05) is 25.4 Å². The number of imide groups is 1. The van der Waals surface area contributed by atoms with Crippen LogP contribution in [-0.4, -0.2) is 36.5 Å². The number of ether oxygens (including phenoxy) is 1. The lowest BCUT2D eigenvalue weighted by Crippen LogP contribution is -2.34. The molecule has 0 fully saturated rings. The number of amides is 2. The number of nitrogens with zero attached hydrogens (tertiary/aromatic N) is 1. The second kappa shape index (κ2) is 11.0. The van der Waals surface area contributed by atoms with Crippen LogP contribution in [0.15, 0.2) is 48.2 Å². The predicted molar refractivity (Wildman–Crippen MR) is 139 cm³/mol. The zero-order valence-electron chi connectivity index (χ0n) is 21.5. The van der Waals surface area contributed by atoms with Crippen molar-refractivity contribution in [2.75, 3.05) is 25.1 Å². The number of hydrogen-bond donors (Lipinski definition) is 1. The summed E-state index contributed by atoms with van der Waals surface area (Å²) in [6.45, 7) is 14.2. The van der Waals surface area contributed by atoms with Gasteiger partial charge in [-0.15, -0.1) is 0 Å². The molecule has 0 unspecified atom stereocenters. The van der Waals surface area contributed by atoms with Crippen molar-refractivity contribution in [2.45, 2.75) is 66.2 Å². The van der Waals surface area contributed by atoms with Crippen LogP contribution in [0.4, 0.5) is 5.69 Å². The Hall–Kier alpha value is -2.92. The zero-order chi connectivity index (χ0) is 24.9. The van der Waals surface area contributed by atoms with Crippen molar-refractivity contribution in [1.82, 2.24) is 4.90 Å². The van der Waals surface area contributed by atoms with Gasteiger partial charge in [-0.3, -0.25) is 14.5 Å². The molecule has 0 bridgehead atoms. The van der Waals surface area contributed by atoms with Crippen molar-refractivity contribution < 1.29 is 14.3 Å². The van der Waals surface area contributed by atoms with E-state index < -0.39 is 0 Å². The van der Waals surface area contributed by atoms with Crippen molar-refractivity contribution in [1.29, 1.82) is 0 Å². The van der Waals surface area contributed by atoms with Gasteiger partial charge in [-0.05, 0) is 60.9 Å². The Morgan fingerprint density at radius 1 is 0.912 bits per heavy atom. The SMILES string of the molecule is CCCCOCCCN1C(=O)C(Nc2ccc(C(C)(C)C)cc2)=C(c2ccc(C)cc2C)C1=O. The molecule has 0 saturated carbocycles. The second-order valence-electron chi connectivity index (χ2n) is 10.1. The maximum Gasteiger partial charge on any atom is 0.278 e. The number of unbranched alkanes of at least 4 members (excludes halogenated alkanes) is 1. The van der Waals surface area contributed by atoms with E-state index in [0.717, 1.165) is 35.2 Å². The summed E-state index contributed by atoms with van der Waals surface area (Å²) >= 11 is 0. The number of carbonyl (C=O) groups is 2. The third-order valence-electron chi connectivity index (χ3n) is 6.15. The molecule has 34 heavy (non-hydrogen) atoms. The summed E-state index contributed by atoms with van der Waals surface area (Å²) in [5.74, 6) is -0.534. The van der Waals surface area contributed by atoms with E-state index in [2.05, 4.69) is 45.1 Å². The first-order valence-electron chi connectivity index (χ1n) is 12.3. The number of aryl methyl sites for hydroxylation is 2. The van der Waals surface area contributed by atoms with Gasteiger partial charge < -0.3 is 10.1 Å². The molecule has 2 aromatic carbocycles. The summed E-state index contributed by atoms with van der Waals surface area (Å²) in [6.07, 6.45) is 2.72. The van der Waals surface area contributed by atoms with Gasteiger partial charge in [0.25, 0.3) is 11.8 Å². The molecule has 2 aromatic rings. The number of anilines is 1. The van der Waals surface area contributed by atoms with E-state index in [0.29, 0.717) is 37.4 Å². The van der Waals surface area contributed by atoms with Crippen LogP contribution in [0.25, 0.3) is 5.57 Å². The molecular formula is C29H38N2O3. The number of benzene rings is 2. The third kappa shape index (κ3) is 5.95. The quantitative estimate of drug-likeness (QED) is 0.347. The monoisotopic (exact) mass is 462 g/mol. The Bertz CT molecular complexity index is 1060. The van der Waals surface area contributed by atoms with E-state index in [9.17, 15) is 9.59 Å². The molecule has 1 aliphatic rings. The number of hydrogen-bond acceptors (Lipinski definition) is 4. The summed E-state index contributed by atoms with van der Waals surface area (Å²) in [4.78, 5) is 28.2. The molecule has 3 rings (SSSR count). The first-order valence-corrected chi connectivity index (χ1v) is 12.3. The van der Waals surface area contributed by atoms with E-state index >= 15 is 0 Å². The van der Waals surface area contributed by atoms with Crippen LogP contribution < -0.4 is 5.32 Å². The fourth-order valence-corrected chi connectivity index (χ4v) is 4.11. The minimum absolute atomic E-state index is 0.0388. The first-order chi connectivity index (χ1) is 16.1. The lowest BCUT2D eigenvalue weighted by molar-refractivity contribution is -0.137. The average molecular weight is 463 g/mol. The highest BCUT2D eigenvalue weighted by Crippen LogP contribution is 2.33. The van der Waals surface area contributed by atoms with Gasteiger partial charge in [0.05, 0.1) is 5.57 Å². The van der Waals surface area contributed by atoms with Crippen LogP contribution in [-0.2, 0) is 19.7 Å². The van der Waals surface area contributed by atoms with Crippen LogP contribution in [0.2, 0.25) is 0 Å². The largest absolute Gasteiger partial charge is 0.381 e. The van der Waals surface area contributed by atoms with E-state index in [4.69, 9.17) is 4.74 Å². The van der Waals surface area contributed by atoms with E-state index in [-0.39, 0.29) is 17.2 Å². The molecule has 5 nitrogen and oxygen atoms in total. The molecule has 1 heterocycles. The fraction of sp³-hybridized carbons (Fsp3) is 0.448. The van der Waals surface area contributed by atoms with Crippen LogP contribution in [0, 0.1) is 13.8 Å². The molecule has 182 valence electrons. The third-order valence-corrected chi connectivity index (χ3v) is 6.15. The van der Waals surface area contributed by atoms with Crippen molar-refractivity contribution in [2.24, 2.45) is 0 Å². The molecule has 0 aliphatic carbocycles. The molecule has 0 saturated heterocycles. The van der Waals surface area contributed by atoms with Crippen molar-refractivity contribution in [3.05, 3.63) is 70.4 Å². The standard InChI is InChI=1S/C29H38N2O3/c1-7-8-17-34-18-9-16-31-27(32)25(24-15-10-20(2)19-21(24)3)26(28(31)33)30-23-13-11-22(12-14-23)29(4,5)6/h10-15,19,30H,7-9,16-18H2,1-6H3. The Kier molecular flexibility index (Phi) is 8.32. The summed E-state index contributed by atoms with van der Waals surface area (Å²) in [5.41, 5.74) is 5.70. The summed E-state index contributed by atoms with van der Waals surface area (Å²) in [6, 6.07) is 14.0. The molecule has 0 atom stereocenters. The predicted octanol–water partition coefficient (Wildman–Crippen LogP) is 6.00. The molecule has 5 heteroatoms. The van der Waals surface area contributed by atoms with Crippen molar-refractivity contribution in [3.63, 3.8) is 0 Å². The zero-order valence-corrected chi connectivity index (χ0v) is 21.5. The van der Waals surface area contributed by atoms with E-state index in [1.54, 1.807) is 0 Å². The molecular weight excluding hydrogens is 424 g/mol. The fourth-order valence-electron chi connectivity index (χ4n) is 4.11. The van der Waals surface area contributed by atoms with Crippen LogP contribution in [0.1, 0.15) is 69.2 Å². The summed E-state index contributed by atoms with van der Waals surface area (Å²) in [7, 11) is 0. The minimum atomic E-state index is -0.284. The molecule has 2 amide bonds. The highest BCUT2D eigenvalue weighted by molar-refractivity contribution is 6.36. The summed E-state index contributed by atoms with van der Waals surface area (Å²) in [5, 5.41) is 3.27. The van der Waals surface area contributed by atoms with Crippen LogP contribution in [0.3, 0.4) is 0 Å². The highest BCUT2D eigenvalue weighted by Gasteiger charge is 2.39. The van der Waals surface area contributed by atoms with Gasteiger partial charge in [-0.1, -0.05) is 70.0 Å². The molecule has 0 spiro atoms. The van der Waals surface area contributed by atoms with Crippen molar-refractivity contribution in [3.8, 4) is 0 Å². The number of rotatable bonds is 10. The molecule has 1 aliphatic heterocycles. The minimum Gasteiger partial charge on any atom is -0.381 e. The topological polar surface area (TPSA) is 58.6 Å². The van der Waals surface area contributed by atoms with E-state index in [1.807, 2.05) is 44.2 Å². The lowest BCUT2D eigenvalue weighted by Gasteiger charge is -2.19. The Morgan fingerprint density at radius 2 is 1.59 bits per heavy atom. The number of nitrogens with one attached hydrogen (secondary N) is 1. The Labute approximate surface area is 204 Å². The average Bonchev–Trinajstić information content (AvgIpc) is 3.00. The van der Waals surface area contributed by atoms with Crippen LogP contribution >= 0.6 is 0 Å². The lowest BCUT2D eigenvalue weighted by atomic mass is 9.87. The summed E-state index contributed by atoms with van der Waals surface area (Å²) < 4.78 is 5.63. The Morgan fingerprint density at radius 3 is 2.21 bits per heavy atom. The molecule has 1 N–H and O–H groups in total. The van der Waals surface area contributed by atoms with Crippen molar-refractivity contribution >= 4 is 23.1 Å². The maximum absolute atomic E-state index is 13.5. The number of carbonyl (C=O) groups excluding carboxylic acids is 2. The van der Waals surface area contributed by atoms with Gasteiger partial charge in [-0.2, -0.15) is 0 Å². The highest BCUT2D eigenvalue weighted by atomic mass is 16.5. The van der Waals surface area contributed by atoms with E-state index in [1.165, 1.54) is 10.5 Å². The van der Waals surface area contributed by atoms with Gasteiger partial charge in [-0.25, -0.2) is 0 Å². The van der Waals surface area contributed by atoms with Gasteiger partial charge in [0.15, 0.2) is 0 Å². The smallest absolute Gasteiger partial charge is 0.278 e. The second-order valence-corrected chi connectivity index (χ2v) is 10.1. The van der Waals surface area contributed by atoms with Gasteiger partial charge in [0.1, 0.15) is 5.70 Å².